The molecule has 1 unspecified atom stereocenters. The van der Waals surface area contributed by atoms with E-state index in [-0.39, 0.29) is 0 Å². The Balaban J connectivity index is 1.97. The second-order valence-corrected chi connectivity index (χ2v) is 6.56. The van der Waals surface area contributed by atoms with Crippen molar-refractivity contribution in [3.8, 4) is 0 Å². The number of halogens is 1. The first-order valence-corrected chi connectivity index (χ1v) is 7.85. The van der Waals surface area contributed by atoms with Gasteiger partial charge in [0.2, 0.25) is 0 Å². The molecule has 1 aromatic heterocycles. The van der Waals surface area contributed by atoms with E-state index in [1.165, 1.54) is 25.8 Å². The van der Waals surface area contributed by atoms with Gasteiger partial charge >= 0.3 is 0 Å². The van der Waals surface area contributed by atoms with Gasteiger partial charge in [-0.25, -0.2) is 9.97 Å². The van der Waals surface area contributed by atoms with E-state index in [2.05, 4.69) is 47.9 Å². The van der Waals surface area contributed by atoms with Crippen LogP contribution in [0.3, 0.4) is 0 Å². The van der Waals surface area contributed by atoms with Gasteiger partial charge in [0.15, 0.2) is 0 Å². The van der Waals surface area contributed by atoms with Gasteiger partial charge in [-0.05, 0) is 38.6 Å². The monoisotopic (exact) mass is 296 g/mol. The largest absolute Gasteiger partial charge is 0.369 e. The third-order valence-electron chi connectivity index (χ3n) is 4.02. The Bertz CT molecular complexity index is 447. The van der Waals surface area contributed by atoms with Gasteiger partial charge in [0, 0.05) is 24.7 Å². The standard InChI is InChI=1S/C15H25ClN4/c1-10(2)13-14(16)18-9-19-15(13)17-7-12-5-6-20(8-12)11(3)4/h9-12H,5-8H2,1-4H3,(H,17,18,19). The zero-order valence-corrected chi connectivity index (χ0v) is 13.6. The summed E-state index contributed by atoms with van der Waals surface area (Å²) in [5.74, 6) is 1.90. The average Bonchev–Trinajstić information content (AvgIpc) is 2.84. The number of nitrogens with one attached hydrogen (secondary N) is 1. The van der Waals surface area contributed by atoms with Gasteiger partial charge in [-0.2, -0.15) is 0 Å². The Morgan fingerprint density at radius 1 is 1.35 bits per heavy atom. The number of rotatable bonds is 5. The molecule has 0 amide bonds. The Morgan fingerprint density at radius 2 is 2.10 bits per heavy atom. The maximum Gasteiger partial charge on any atom is 0.138 e. The van der Waals surface area contributed by atoms with Crippen LogP contribution in [-0.4, -0.2) is 40.5 Å². The Morgan fingerprint density at radius 3 is 2.70 bits per heavy atom. The van der Waals surface area contributed by atoms with E-state index in [0.717, 1.165) is 17.9 Å². The molecule has 0 aliphatic carbocycles. The van der Waals surface area contributed by atoms with Crippen LogP contribution in [0.4, 0.5) is 5.82 Å². The van der Waals surface area contributed by atoms with E-state index in [4.69, 9.17) is 11.6 Å². The predicted molar refractivity (Wildman–Crippen MR) is 84.4 cm³/mol. The molecule has 112 valence electrons. The van der Waals surface area contributed by atoms with Crippen LogP contribution in [0, 0.1) is 5.92 Å². The number of hydrogen-bond donors (Lipinski definition) is 1. The first kappa shape index (κ1) is 15.5. The van der Waals surface area contributed by atoms with E-state index in [1.807, 2.05) is 0 Å². The Hall–Kier alpha value is -0.870. The predicted octanol–water partition coefficient (Wildman–Crippen LogP) is 3.40. The highest BCUT2D eigenvalue weighted by Gasteiger charge is 2.24. The molecule has 1 atom stereocenters. The van der Waals surface area contributed by atoms with Crippen LogP contribution in [0.5, 0.6) is 0 Å². The third-order valence-corrected chi connectivity index (χ3v) is 4.32. The van der Waals surface area contributed by atoms with Crippen molar-refractivity contribution >= 4 is 17.4 Å². The SMILES string of the molecule is CC(C)c1c(Cl)ncnc1NCC1CCN(C(C)C)C1. The number of hydrogen-bond acceptors (Lipinski definition) is 4. The van der Waals surface area contributed by atoms with E-state index in [9.17, 15) is 0 Å². The molecule has 5 heteroatoms. The molecule has 1 fully saturated rings. The van der Waals surface area contributed by atoms with Crippen molar-refractivity contribution in [2.75, 3.05) is 25.0 Å². The number of anilines is 1. The summed E-state index contributed by atoms with van der Waals surface area (Å²) in [5.41, 5.74) is 1.02. The normalized spacial score (nSPS) is 20.1. The topological polar surface area (TPSA) is 41.1 Å². The molecule has 0 spiro atoms. The van der Waals surface area contributed by atoms with E-state index in [1.54, 1.807) is 0 Å². The minimum absolute atomic E-state index is 0.321. The lowest BCUT2D eigenvalue weighted by atomic mass is 10.1. The van der Waals surface area contributed by atoms with Crippen LogP contribution >= 0.6 is 11.6 Å². The molecule has 0 radical (unpaired) electrons. The summed E-state index contributed by atoms with van der Waals surface area (Å²) in [6.45, 7) is 12.1. The molecule has 1 aliphatic rings. The molecule has 1 aromatic rings. The quantitative estimate of drug-likeness (QED) is 0.846. The van der Waals surface area contributed by atoms with Crippen LogP contribution in [-0.2, 0) is 0 Å². The number of nitrogens with zero attached hydrogens (tertiary/aromatic N) is 3. The summed E-state index contributed by atoms with van der Waals surface area (Å²) >= 11 is 6.19. The molecule has 20 heavy (non-hydrogen) atoms. The minimum Gasteiger partial charge on any atom is -0.369 e. The highest BCUT2D eigenvalue weighted by Crippen LogP contribution is 2.28. The molecular weight excluding hydrogens is 272 g/mol. The van der Waals surface area contributed by atoms with Gasteiger partial charge in [0.05, 0.1) is 0 Å². The van der Waals surface area contributed by atoms with Crippen LogP contribution in [0.25, 0.3) is 0 Å². The maximum absolute atomic E-state index is 6.19. The molecule has 1 N–H and O–H groups in total. The molecule has 2 rings (SSSR count). The van der Waals surface area contributed by atoms with Gasteiger partial charge in [-0.3, -0.25) is 0 Å². The van der Waals surface area contributed by atoms with Gasteiger partial charge in [-0.15, -0.1) is 0 Å². The minimum atomic E-state index is 0.321. The lowest BCUT2D eigenvalue weighted by Gasteiger charge is -2.21. The van der Waals surface area contributed by atoms with Gasteiger partial charge in [-0.1, -0.05) is 25.4 Å². The van der Waals surface area contributed by atoms with E-state index < -0.39 is 0 Å². The fourth-order valence-electron chi connectivity index (χ4n) is 2.77. The number of aromatic nitrogens is 2. The lowest BCUT2D eigenvalue weighted by molar-refractivity contribution is 0.266. The first-order valence-electron chi connectivity index (χ1n) is 7.47. The summed E-state index contributed by atoms with van der Waals surface area (Å²) < 4.78 is 0. The van der Waals surface area contributed by atoms with Crippen LogP contribution in [0.15, 0.2) is 6.33 Å². The van der Waals surface area contributed by atoms with Crippen molar-refractivity contribution in [1.29, 1.82) is 0 Å². The fraction of sp³-hybridized carbons (Fsp3) is 0.733. The van der Waals surface area contributed by atoms with Crippen LogP contribution in [0.2, 0.25) is 5.15 Å². The molecule has 1 aliphatic heterocycles. The summed E-state index contributed by atoms with van der Waals surface area (Å²) in [6.07, 6.45) is 2.78. The maximum atomic E-state index is 6.19. The zero-order chi connectivity index (χ0) is 14.7. The van der Waals surface area contributed by atoms with Crippen molar-refractivity contribution in [1.82, 2.24) is 14.9 Å². The second-order valence-electron chi connectivity index (χ2n) is 6.21. The second kappa shape index (κ2) is 6.72. The highest BCUT2D eigenvalue weighted by atomic mass is 35.5. The number of likely N-dealkylation sites (tertiary alicyclic amines) is 1. The Kier molecular flexibility index (Phi) is 5.22. The average molecular weight is 297 g/mol. The molecule has 2 heterocycles. The van der Waals surface area contributed by atoms with Crippen LogP contribution < -0.4 is 5.32 Å². The summed E-state index contributed by atoms with van der Waals surface area (Å²) in [4.78, 5) is 11.0. The lowest BCUT2D eigenvalue weighted by Crippen LogP contribution is -2.29. The first-order chi connectivity index (χ1) is 9.49. The van der Waals surface area contributed by atoms with E-state index >= 15 is 0 Å². The molecule has 0 bridgehead atoms. The van der Waals surface area contributed by atoms with E-state index in [0.29, 0.717) is 23.0 Å². The third kappa shape index (κ3) is 3.61. The zero-order valence-electron chi connectivity index (χ0n) is 12.9. The highest BCUT2D eigenvalue weighted by molar-refractivity contribution is 6.30. The van der Waals surface area contributed by atoms with Gasteiger partial charge in [0.25, 0.3) is 0 Å². The summed E-state index contributed by atoms with van der Waals surface area (Å²) in [5, 5.41) is 4.04. The van der Waals surface area contributed by atoms with Crippen LogP contribution in [0.1, 0.15) is 45.6 Å². The molecule has 0 saturated carbocycles. The van der Waals surface area contributed by atoms with Gasteiger partial charge in [0.1, 0.15) is 17.3 Å². The fourth-order valence-corrected chi connectivity index (χ4v) is 3.12. The summed E-state index contributed by atoms with van der Waals surface area (Å²) in [7, 11) is 0. The smallest absolute Gasteiger partial charge is 0.138 e. The molecular formula is C15H25ClN4. The van der Waals surface area contributed by atoms with Crippen molar-refractivity contribution in [3.05, 3.63) is 17.0 Å². The Labute approximate surface area is 126 Å². The van der Waals surface area contributed by atoms with Crippen molar-refractivity contribution in [3.63, 3.8) is 0 Å². The van der Waals surface area contributed by atoms with Crippen molar-refractivity contribution in [2.24, 2.45) is 5.92 Å². The van der Waals surface area contributed by atoms with Gasteiger partial charge < -0.3 is 10.2 Å². The molecule has 0 aromatic carbocycles. The molecule has 4 nitrogen and oxygen atoms in total. The summed E-state index contributed by atoms with van der Waals surface area (Å²) in [6, 6.07) is 0.639. The molecule has 1 saturated heterocycles. The van der Waals surface area contributed by atoms with Crippen molar-refractivity contribution < 1.29 is 0 Å². The van der Waals surface area contributed by atoms with Crippen molar-refractivity contribution in [2.45, 2.75) is 46.1 Å².